The summed E-state index contributed by atoms with van der Waals surface area (Å²) in [6, 6.07) is 0. The lowest BCUT2D eigenvalue weighted by Crippen LogP contribution is -1.93. The summed E-state index contributed by atoms with van der Waals surface area (Å²) in [6.45, 7) is 4.76. The zero-order chi connectivity index (χ0) is 9.57. The van der Waals surface area contributed by atoms with Crippen LogP contribution >= 0.6 is 7.82 Å². The molecule has 1 saturated heterocycles. The molecule has 76 valence electrons. The number of hydrogen-bond acceptors (Lipinski definition) is 4. The average molecular weight is 206 g/mol. The van der Waals surface area contributed by atoms with Crippen molar-refractivity contribution >= 4 is 7.82 Å². The second-order valence-electron chi connectivity index (χ2n) is 2.73. The Morgan fingerprint density at radius 3 is 2.69 bits per heavy atom. The molecule has 1 fully saturated rings. The lowest BCUT2D eigenvalue weighted by molar-refractivity contribution is 0.187. The smallest absolute Gasteiger partial charge is 0.287 e. The number of phosphoric acid groups is 1. The van der Waals surface area contributed by atoms with Gasteiger partial charge in [-0.2, -0.15) is 0 Å². The van der Waals surface area contributed by atoms with Crippen LogP contribution in [0.25, 0.3) is 0 Å². The van der Waals surface area contributed by atoms with E-state index in [0.29, 0.717) is 19.8 Å². The van der Waals surface area contributed by atoms with Crippen LogP contribution in [0.3, 0.4) is 0 Å². The van der Waals surface area contributed by atoms with Crippen molar-refractivity contribution in [1.82, 2.24) is 0 Å². The third-order valence-electron chi connectivity index (χ3n) is 1.63. The second kappa shape index (κ2) is 5.55. The molecule has 1 rings (SSSR count). The van der Waals surface area contributed by atoms with E-state index in [1.165, 1.54) is 0 Å². The van der Waals surface area contributed by atoms with Crippen molar-refractivity contribution in [2.24, 2.45) is 0 Å². The van der Waals surface area contributed by atoms with Gasteiger partial charge in [-0.15, -0.1) is 6.58 Å². The van der Waals surface area contributed by atoms with Crippen molar-refractivity contribution in [2.45, 2.75) is 19.3 Å². The maximum Gasteiger partial charge on any atom is 0.474 e. The molecule has 0 aliphatic carbocycles. The van der Waals surface area contributed by atoms with Crippen LogP contribution in [0.1, 0.15) is 19.3 Å². The summed E-state index contributed by atoms with van der Waals surface area (Å²) in [5.41, 5.74) is 0. The van der Waals surface area contributed by atoms with E-state index >= 15 is 0 Å². The maximum atomic E-state index is 11.4. The monoisotopic (exact) mass is 206 g/mol. The zero-order valence-corrected chi connectivity index (χ0v) is 8.50. The van der Waals surface area contributed by atoms with Crippen LogP contribution in [0.4, 0.5) is 0 Å². The van der Waals surface area contributed by atoms with E-state index in [1.54, 1.807) is 0 Å². The van der Waals surface area contributed by atoms with E-state index < -0.39 is 7.82 Å². The van der Waals surface area contributed by atoms with Gasteiger partial charge in [-0.3, -0.25) is 13.6 Å². The molecule has 0 unspecified atom stereocenters. The quantitative estimate of drug-likeness (QED) is 0.380. The molecule has 0 aromatic heterocycles. The van der Waals surface area contributed by atoms with Crippen LogP contribution in [-0.2, 0) is 18.1 Å². The summed E-state index contributed by atoms with van der Waals surface area (Å²) in [7, 11) is -3.14. The van der Waals surface area contributed by atoms with Gasteiger partial charge in [0.2, 0.25) is 0 Å². The largest absolute Gasteiger partial charge is 0.474 e. The van der Waals surface area contributed by atoms with Gasteiger partial charge in [-0.05, 0) is 19.3 Å². The number of phosphoric ester groups is 1. The molecule has 0 N–H and O–H groups in total. The highest BCUT2D eigenvalue weighted by Crippen LogP contribution is 2.52. The van der Waals surface area contributed by atoms with Crippen molar-refractivity contribution < 1.29 is 18.1 Å². The predicted molar refractivity (Wildman–Crippen MR) is 49.5 cm³/mol. The van der Waals surface area contributed by atoms with Crippen LogP contribution < -0.4 is 0 Å². The van der Waals surface area contributed by atoms with Gasteiger partial charge >= 0.3 is 7.82 Å². The number of allylic oxidation sites excluding steroid dienone is 1. The Hall–Kier alpha value is -0.150. The molecule has 0 saturated carbocycles. The number of hydrogen-bond donors (Lipinski definition) is 0. The first kappa shape index (κ1) is 10.9. The maximum absolute atomic E-state index is 11.4. The molecular formula is C8H15O4P. The molecule has 0 aromatic rings. The van der Waals surface area contributed by atoms with E-state index in [9.17, 15) is 4.57 Å². The van der Waals surface area contributed by atoms with Crippen LogP contribution in [0.15, 0.2) is 12.7 Å². The first-order valence-electron chi connectivity index (χ1n) is 4.41. The summed E-state index contributed by atoms with van der Waals surface area (Å²) < 4.78 is 26.0. The van der Waals surface area contributed by atoms with E-state index in [2.05, 4.69) is 6.58 Å². The van der Waals surface area contributed by atoms with Crippen LogP contribution in [0, 0.1) is 0 Å². The Morgan fingerprint density at radius 2 is 2.08 bits per heavy atom. The predicted octanol–water partition coefficient (Wildman–Crippen LogP) is 2.51. The lowest BCUT2D eigenvalue weighted by Gasteiger charge is -2.08. The minimum atomic E-state index is -3.14. The Kier molecular flexibility index (Phi) is 4.67. The number of rotatable bonds is 6. The van der Waals surface area contributed by atoms with E-state index in [-0.39, 0.29) is 0 Å². The average Bonchev–Trinajstić information content (AvgIpc) is 2.53. The number of unbranched alkanes of at least 4 members (excludes halogenated alkanes) is 2. The first-order valence-corrected chi connectivity index (χ1v) is 5.87. The Balaban J connectivity index is 2.04. The van der Waals surface area contributed by atoms with Gasteiger partial charge in [0.25, 0.3) is 0 Å². The normalized spacial score (nSPS) is 20.3. The molecular weight excluding hydrogens is 191 g/mol. The lowest BCUT2D eigenvalue weighted by atomic mass is 10.2. The second-order valence-corrected chi connectivity index (χ2v) is 4.40. The van der Waals surface area contributed by atoms with Crippen LogP contribution in [-0.4, -0.2) is 19.8 Å². The van der Waals surface area contributed by atoms with E-state index in [1.807, 2.05) is 6.08 Å². The van der Waals surface area contributed by atoms with Crippen molar-refractivity contribution in [1.29, 1.82) is 0 Å². The topological polar surface area (TPSA) is 44.8 Å². The highest BCUT2D eigenvalue weighted by atomic mass is 31.2. The van der Waals surface area contributed by atoms with Gasteiger partial charge in [0.05, 0.1) is 19.8 Å². The van der Waals surface area contributed by atoms with E-state index in [4.69, 9.17) is 13.6 Å². The molecule has 0 spiro atoms. The van der Waals surface area contributed by atoms with Crippen molar-refractivity contribution in [3.05, 3.63) is 12.7 Å². The first-order chi connectivity index (χ1) is 6.27. The fourth-order valence-electron chi connectivity index (χ4n) is 0.977. The zero-order valence-electron chi connectivity index (χ0n) is 7.61. The fraction of sp³-hybridized carbons (Fsp3) is 0.750. The molecule has 1 heterocycles. The molecule has 13 heavy (non-hydrogen) atoms. The Bertz CT molecular complexity index is 194. The summed E-state index contributed by atoms with van der Waals surface area (Å²) in [4.78, 5) is 0. The Morgan fingerprint density at radius 1 is 1.38 bits per heavy atom. The summed E-state index contributed by atoms with van der Waals surface area (Å²) in [6.07, 6.45) is 4.65. The Labute approximate surface area is 78.5 Å². The van der Waals surface area contributed by atoms with Crippen LogP contribution in [0.2, 0.25) is 0 Å². The van der Waals surface area contributed by atoms with Gasteiger partial charge in [0.15, 0.2) is 0 Å². The molecule has 0 aromatic carbocycles. The van der Waals surface area contributed by atoms with Gasteiger partial charge in [-0.1, -0.05) is 6.08 Å². The summed E-state index contributed by atoms with van der Waals surface area (Å²) in [5.74, 6) is 0. The van der Waals surface area contributed by atoms with Crippen molar-refractivity contribution in [3.8, 4) is 0 Å². The van der Waals surface area contributed by atoms with Gasteiger partial charge < -0.3 is 0 Å². The molecule has 5 heteroatoms. The van der Waals surface area contributed by atoms with E-state index in [0.717, 1.165) is 19.3 Å². The van der Waals surface area contributed by atoms with Gasteiger partial charge in [0, 0.05) is 0 Å². The minimum absolute atomic E-state index is 0.365. The molecule has 0 atom stereocenters. The van der Waals surface area contributed by atoms with Gasteiger partial charge in [0.1, 0.15) is 0 Å². The van der Waals surface area contributed by atoms with Crippen molar-refractivity contribution in [2.75, 3.05) is 19.8 Å². The highest BCUT2D eigenvalue weighted by Gasteiger charge is 2.31. The van der Waals surface area contributed by atoms with Gasteiger partial charge in [-0.25, -0.2) is 4.57 Å². The third-order valence-corrected chi connectivity index (χ3v) is 3.13. The summed E-state index contributed by atoms with van der Waals surface area (Å²) in [5, 5.41) is 0. The standard InChI is InChI=1S/C8H15O4P/c1-2-3-4-5-6-10-13(9)11-7-8-12-13/h2H,1,3-8H2. The molecule has 0 radical (unpaired) electrons. The highest BCUT2D eigenvalue weighted by molar-refractivity contribution is 7.48. The molecule has 1 aliphatic rings. The SMILES string of the molecule is C=CCCCCOP1(=O)OCCO1. The molecule has 1 aliphatic heterocycles. The molecule has 4 nitrogen and oxygen atoms in total. The van der Waals surface area contributed by atoms with Crippen molar-refractivity contribution in [3.63, 3.8) is 0 Å². The minimum Gasteiger partial charge on any atom is -0.287 e. The molecule has 0 amide bonds. The summed E-state index contributed by atoms with van der Waals surface area (Å²) >= 11 is 0. The van der Waals surface area contributed by atoms with Crippen LogP contribution in [0.5, 0.6) is 0 Å². The molecule has 0 bridgehead atoms. The fourth-order valence-corrected chi connectivity index (χ4v) is 2.15. The third kappa shape index (κ3) is 4.05.